The standard InChI is InChI=1S/C23H24ClFN4O2S/c1-3-13-29-22(16(2)31-20-10-9-18(25)14-19(20)24)27-28-23(29)32-15-21(30)26-12-11-17-7-5-4-6-8-17/h3-10,14,16H,1,11-13,15H2,2H3,(H,26,30). The summed E-state index contributed by atoms with van der Waals surface area (Å²) in [5.41, 5.74) is 1.17. The van der Waals surface area contributed by atoms with Crippen molar-refractivity contribution in [3.8, 4) is 5.75 Å². The van der Waals surface area contributed by atoms with Crippen LogP contribution in [0, 0.1) is 5.82 Å². The second-order valence-electron chi connectivity index (χ2n) is 6.95. The Balaban J connectivity index is 1.58. The number of ether oxygens (including phenoxy) is 1. The summed E-state index contributed by atoms with van der Waals surface area (Å²) < 4.78 is 21.0. The zero-order chi connectivity index (χ0) is 22.9. The summed E-state index contributed by atoms with van der Waals surface area (Å²) in [6.07, 6.45) is 1.99. The van der Waals surface area contributed by atoms with Crippen molar-refractivity contribution in [3.05, 3.63) is 83.4 Å². The first kappa shape index (κ1) is 23.8. The number of nitrogens with one attached hydrogen (secondary N) is 1. The van der Waals surface area contributed by atoms with Crippen LogP contribution in [-0.2, 0) is 17.8 Å². The number of carbonyl (C=O) groups excluding carboxylic acids is 1. The number of halogens is 2. The lowest BCUT2D eigenvalue weighted by Crippen LogP contribution is -2.27. The summed E-state index contributed by atoms with van der Waals surface area (Å²) in [4.78, 5) is 12.2. The molecule has 1 N–H and O–H groups in total. The zero-order valence-electron chi connectivity index (χ0n) is 17.6. The van der Waals surface area contributed by atoms with Gasteiger partial charge in [-0.05, 0) is 37.1 Å². The van der Waals surface area contributed by atoms with E-state index in [0.29, 0.717) is 29.8 Å². The minimum atomic E-state index is -0.500. The van der Waals surface area contributed by atoms with Crippen LogP contribution in [0.4, 0.5) is 4.39 Å². The fourth-order valence-electron chi connectivity index (χ4n) is 2.99. The predicted molar refractivity (Wildman–Crippen MR) is 125 cm³/mol. The second-order valence-corrected chi connectivity index (χ2v) is 8.30. The molecule has 32 heavy (non-hydrogen) atoms. The molecule has 0 fully saturated rings. The molecule has 0 saturated carbocycles. The Morgan fingerprint density at radius 3 is 2.81 bits per heavy atom. The highest BCUT2D eigenvalue weighted by Gasteiger charge is 2.20. The topological polar surface area (TPSA) is 69.0 Å². The molecule has 0 bridgehead atoms. The van der Waals surface area contributed by atoms with Gasteiger partial charge in [-0.1, -0.05) is 59.8 Å². The van der Waals surface area contributed by atoms with Gasteiger partial charge in [-0.3, -0.25) is 9.36 Å². The van der Waals surface area contributed by atoms with Crippen molar-refractivity contribution in [2.45, 2.75) is 31.1 Å². The number of amides is 1. The third-order valence-electron chi connectivity index (χ3n) is 4.53. The summed E-state index contributed by atoms with van der Waals surface area (Å²) >= 11 is 7.35. The molecule has 1 amide bonds. The van der Waals surface area contributed by atoms with Gasteiger partial charge in [0.25, 0.3) is 0 Å². The molecule has 3 aromatic rings. The molecule has 0 saturated heterocycles. The van der Waals surface area contributed by atoms with Gasteiger partial charge < -0.3 is 10.1 Å². The van der Waals surface area contributed by atoms with E-state index in [9.17, 15) is 9.18 Å². The van der Waals surface area contributed by atoms with Gasteiger partial charge in [-0.25, -0.2) is 4.39 Å². The molecule has 6 nitrogen and oxygen atoms in total. The quantitative estimate of drug-likeness (QED) is 0.318. The van der Waals surface area contributed by atoms with E-state index in [1.54, 1.807) is 13.0 Å². The van der Waals surface area contributed by atoms with Crippen LogP contribution in [0.3, 0.4) is 0 Å². The Morgan fingerprint density at radius 1 is 1.31 bits per heavy atom. The van der Waals surface area contributed by atoms with E-state index in [1.165, 1.54) is 35.5 Å². The van der Waals surface area contributed by atoms with Crippen molar-refractivity contribution in [2.75, 3.05) is 12.3 Å². The fourth-order valence-corrected chi connectivity index (χ4v) is 3.99. The Morgan fingerprint density at radius 2 is 2.09 bits per heavy atom. The average molecular weight is 475 g/mol. The summed E-state index contributed by atoms with van der Waals surface area (Å²) in [5, 5.41) is 12.1. The number of benzene rings is 2. The molecular formula is C23H24ClFN4O2S. The number of aromatic nitrogens is 3. The number of hydrogen-bond donors (Lipinski definition) is 1. The van der Waals surface area contributed by atoms with Crippen molar-refractivity contribution in [2.24, 2.45) is 0 Å². The normalized spacial score (nSPS) is 11.7. The van der Waals surface area contributed by atoms with Gasteiger partial charge in [0.15, 0.2) is 17.1 Å². The van der Waals surface area contributed by atoms with Crippen molar-refractivity contribution in [1.29, 1.82) is 0 Å². The van der Waals surface area contributed by atoms with Crippen LogP contribution in [0.25, 0.3) is 0 Å². The van der Waals surface area contributed by atoms with E-state index in [4.69, 9.17) is 16.3 Å². The molecule has 0 spiro atoms. The van der Waals surface area contributed by atoms with E-state index in [1.807, 2.05) is 34.9 Å². The third kappa shape index (κ3) is 6.58. The molecule has 1 aromatic heterocycles. The molecule has 9 heteroatoms. The van der Waals surface area contributed by atoms with E-state index in [-0.39, 0.29) is 16.7 Å². The molecule has 0 aliphatic carbocycles. The van der Waals surface area contributed by atoms with Crippen molar-refractivity contribution >= 4 is 29.3 Å². The molecule has 2 aromatic carbocycles. The highest BCUT2D eigenvalue weighted by molar-refractivity contribution is 7.99. The first-order chi connectivity index (χ1) is 15.5. The van der Waals surface area contributed by atoms with Gasteiger partial charge in [0.1, 0.15) is 11.6 Å². The molecule has 1 atom stereocenters. The van der Waals surface area contributed by atoms with Crippen LogP contribution < -0.4 is 10.1 Å². The van der Waals surface area contributed by atoms with E-state index in [0.717, 1.165) is 6.42 Å². The number of nitrogens with zero attached hydrogens (tertiary/aromatic N) is 3. The Kier molecular flexibility index (Phi) is 8.70. The fraction of sp³-hybridized carbons (Fsp3) is 0.261. The Labute approximate surface area is 195 Å². The lowest BCUT2D eigenvalue weighted by molar-refractivity contribution is -0.118. The second kappa shape index (κ2) is 11.7. The first-order valence-electron chi connectivity index (χ1n) is 10.1. The molecule has 1 heterocycles. The molecule has 3 rings (SSSR count). The molecular weight excluding hydrogens is 451 g/mol. The minimum absolute atomic E-state index is 0.0805. The SMILES string of the molecule is C=CCn1c(SCC(=O)NCCc2ccccc2)nnc1C(C)Oc1ccc(F)cc1Cl. The molecule has 0 radical (unpaired) electrons. The maximum Gasteiger partial charge on any atom is 0.230 e. The lowest BCUT2D eigenvalue weighted by Gasteiger charge is -2.16. The molecule has 0 aliphatic rings. The number of carbonyl (C=O) groups is 1. The Hall–Kier alpha value is -2.84. The highest BCUT2D eigenvalue weighted by atomic mass is 35.5. The molecule has 0 aliphatic heterocycles. The smallest absolute Gasteiger partial charge is 0.230 e. The van der Waals surface area contributed by atoms with Crippen molar-refractivity contribution in [1.82, 2.24) is 20.1 Å². The number of allylic oxidation sites excluding steroid dienone is 1. The van der Waals surface area contributed by atoms with Crippen molar-refractivity contribution < 1.29 is 13.9 Å². The van der Waals surface area contributed by atoms with Gasteiger partial charge in [0.2, 0.25) is 5.91 Å². The van der Waals surface area contributed by atoms with Crippen LogP contribution in [0.5, 0.6) is 5.75 Å². The molecule has 1 unspecified atom stereocenters. The predicted octanol–water partition coefficient (Wildman–Crippen LogP) is 4.85. The van der Waals surface area contributed by atoms with Crippen LogP contribution in [0.15, 0.2) is 66.3 Å². The third-order valence-corrected chi connectivity index (χ3v) is 5.79. The van der Waals surface area contributed by atoms with Crippen molar-refractivity contribution in [3.63, 3.8) is 0 Å². The monoisotopic (exact) mass is 474 g/mol. The lowest BCUT2D eigenvalue weighted by atomic mass is 10.1. The first-order valence-corrected chi connectivity index (χ1v) is 11.4. The Bertz CT molecular complexity index is 1060. The summed E-state index contributed by atoms with van der Waals surface area (Å²) in [7, 11) is 0. The van der Waals surface area contributed by atoms with Gasteiger partial charge >= 0.3 is 0 Å². The number of thioether (sulfide) groups is 1. The number of hydrogen-bond acceptors (Lipinski definition) is 5. The summed E-state index contributed by atoms with van der Waals surface area (Å²) in [6, 6.07) is 13.9. The minimum Gasteiger partial charge on any atom is -0.481 e. The summed E-state index contributed by atoms with van der Waals surface area (Å²) in [5.74, 6) is 0.592. The van der Waals surface area contributed by atoms with Crippen LogP contribution >= 0.6 is 23.4 Å². The maximum absolute atomic E-state index is 13.3. The maximum atomic E-state index is 13.3. The average Bonchev–Trinajstić information content (AvgIpc) is 3.18. The number of rotatable bonds is 11. The van der Waals surface area contributed by atoms with Crippen LogP contribution in [-0.4, -0.2) is 33.0 Å². The van der Waals surface area contributed by atoms with Gasteiger partial charge in [-0.15, -0.1) is 16.8 Å². The van der Waals surface area contributed by atoms with Crippen LogP contribution in [0.1, 0.15) is 24.4 Å². The highest BCUT2D eigenvalue weighted by Crippen LogP contribution is 2.30. The zero-order valence-corrected chi connectivity index (χ0v) is 19.2. The van der Waals surface area contributed by atoms with E-state index < -0.39 is 11.9 Å². The molecule has 168 valence electrons. The van der Waals surface area contributed by atoms with E-state index >= 15 is 0 Å². The van der Waals surface area contributed by atoms with Gasteiger partial charge in [0, 0.05) is 13.1 Å². The largest absolute Gasteiger partial charge is 0.481 e. The summed E-state index contributed by atoms with van der Waals surface area (Å²) in [6.45, 7) is 6.60. The van der Waals surface area contributed by atoms with Crippen LogP contribution in [0.2, 0.25) is 5.02 Å². The van der Waals surface area contributed by atoms with Gasteiger partial charge in [0.05, 0.1) is 10.8 Å². The van der Waals surface area contributed by atoms with E-state index in [2.05, 4.69) is 22.1 Å². The van der Waals surface area contributed by atoms with Gasteiger partial charge in [-0.2, -0.15) is 0 Å².